The molecule has 1 saturated carbocycles. The van der Waals surface area contributed by atoms with Crippen molar-refractivity contribution in [1.82, 2.24) is 4.90 Å². The summed E-state index contributed by atoms with van der Waals surface area (Å²) in [5.41, 5.74) is 6.17. The molecule has 5 rings (SSSR count). The van der Waals surface area contributed by atoms with Crippen LogP contribution in [-0.2, 0) is 5.41 Å². The van der Waals surface area contributed by atoms with E-state index in [0.29, 0.717) is 18.0 Å². The molecular formula is C19H22N2. The van der Waals surface area contributed by atoms with Crippen LogP contribution in [0.4, 0.5) is 5.69 Å². The monoisotopic (exact) mass is 278 g/mol. The van der Waals surface area contributed by atoms with E-state index in [1.165, 1.54) is 42.8 Å². The number of rotatable bonds is 0. The summed E-state index contributed by atoms with van der Waals surface area (Å²) in [5.74, 6) is 0.592. The lowest BCUT2D eigenvalue weighted by molar-refractivity contribution is 0.156. The molecule has 108 valence electrons. The van der Waals surface area contributed by atoms with E-state index in [2.05, 4.69) is 54.1 Å². The van der Waals surface area contributed by atoms with Gasteiger partial charge in [-0.05, 0) is 55.6 Å². The highest BCUT2D eigenvalue weighted by Gasteiger charge is 2.64. The van der Waals surface area contributed by atoms with E-state index in [-0.39, 0.29) is 5.41 Å². The fourth-order valence-corrected chi connectivity index (χ4v) is 5.74. The molecule has 2 heteroatoms. The Morgan fingerprint density at radius 3 is 3.05 bits per heavy atom. The van der Waals surface area contributed by atoms with Crippen molar-refractivity contribution in [2.24, 2.45) is 5.92 Å². The average molecular weight is 278 g/mol. The van der Waals surface area contributed by atoms with E-state index in [9.17, 15) is 0 Å². The Hall–Kier alpha value is -1.54. The van der Waals surface area contributed by atoms with E-state index >= 15 is 0 Å². The molecule has 2 saturated heterocycles. The van der Waals surface area contributed by atoms with Gasteiger partial charge in [-0.1, -0.05) is 30.9 Å². The Balaban J connectivity index is 1.80. The summed E-state index contributed by atoms with van der Waals surface area (Å²) in [7, 11) is 0. The molecule has 0 aromatic heterocycles. The van der Waals surface area contributed by atoms with Crippen molar-refractivity contribution in [2.75, 3.05) is 18.4 Å². The number of benzene rings is 1. The van der Waals surface area contributed by atoms with Crippen LogP contribution in [0.2, 0.25) is 0 Å². The molecule has 1 aromatic rings. The Morgan fingerprint density at radius 1 is 1.33 bits per heavy atom. The van der Waals surface area contributed by atoms with Crippen LogP contribution < -0.4 is 5.32 Å². The van der Waals surface area contributed by atoms with Crippen molar-refractivity contribution in [2.45, 2.75) is 37.3 Å². The first-order valence-electron chi connectivity index (χ1n) is 8.22. The van der Waals surface area contributed by atoms with Gasteiger partial charge in [0.2, 0.25) is 0 Å². The van der Waals surface area contributed by atoms with Gasteiger partial charge in [0.25, 0.3) is 0 Å². The number of fused-ring (bicyclic) bond motifs is 2. The summed E-state index contributed by atoms with van der Waals surface area (Å²) in [6.07, 6.45) is 4.89. The van der Waals surface area contributed by atoms with Gasteiger partial charge in [0.05, 0.1) is 6.04 Å². The lowest BCUT2D eigenvalue weighted by atomic mass is 9.57. The molecule has 4 atom stereocenters. The fourth-order valence-electron chi connectivity index (χ4n) is 5.74. The summed E-state index contributed by atoms with van der Waals surface area (Å²) in [4.78, 5) is 2.73. The van der Waals surface area contributed by atoms with Gasteiger partial charge in [0.1, 0.15) is 0 Å². The number of hydrogen-bond donors (Lipinski definition) is 1. The molecule has 3 aliphatic heterocycles. The Kier molecular flexibility index (Phi) is 2.18. The second-order valence-electron chi connectivity index (χ2n) is 7.06. The normalized spacial score (nSPS) is 41.9. The number of piperidine rings is 1. The van der Waals surface area contributed by atoms with Gasteiger partial charge >= 0.3 is 0 Å². The fraction of sp³-hybridized carbons (Fsp3) is 0.474. The van der Waals surface area contributed by atoms with E-state index in [0.717, 1.165) is 0 Å². The molecular weight excluding hydrogens is 256 g/mol. The number of anilines is 1. The largest absolute Gasteiger partial charge is 0.377 e. The van der Waals surface area contributed by atoms with Crippen LogP contribution in [0.1, 0.15) is 25.3 Å². The van der Waals surface area contributed by atoms with Crippen LogP contribution in [0, 0.1) is 5.92 Å². The van der Waals surface area contributed by atoms with E-state index in [1.54, 1.807) is 5.57 Å². The molecule has 2 nitrogen and oxygen atoms in total. The number of allylic oxidation sites excluding steroid dienone is 1. The predicted octanol–water partition coefficient (Wildman–Crippen LogP) is 3.33. The first-order valence-corrected chi connectivity index (χ1v) is 8.22. The van der Waals surface area contributed by atoms with Crippen LogP contribution in [0.5, 0.6) is 0 Å². The van der Waals surface area contributed by atoms with Crippen LogP contribution in [-0.4, -0.2) is 30.1 Å². The van der Waals surface area contributed by atoms with Gasteiger partial charge in [0.15, 0.2) is 0 Å². The zero-order valence-electron chi connectivity index (χ0n) is 12.6. The first-order chi connectivity index (χ1) is 10.3. The molecule has 3 fully saturated rings. The smallest absolute Gasteiger partial charge is 0.0593 e. The van der Waals surface area contributed by atoms with E-state index in [1.807, 2.05) is 0 Å². The Morgan fingerprint density at radius 2 is 2.19 bits per heavy atom. The van der Waals surface area contributed by atoms with Crippen molar-refractivity contribution in [1.29, 1.82) is 0 Å². The SMILES string of the molecule is C=C1C2CCN3CCC4(c5ccccc5NC14)C3/C2=C\C. The molecule has 2 bridgehead atoms. The van der Waals surface area contributed by atoms with Gasteiger partial charge in [0, 0.05) is 23.1 Å². The predicted molar refractivity (Wildman–Crippen MR) is 86.5 cm³/mol. The Labute approximate surface area is 126 Å². The van der Waals surface area contributed by atoms with Crippen molar-refractivity contribution in [3.63, 3.8) is 0 Å². The van der Waals surface area contributed by atoms with Crippen LogP contribution in [0.25, 0.3) is 0 Å². The van der Waals surface area contributed by atoms with Gasteiger partial charge in [-0.15, -0.1) is 0 Å². The maximum Gasteiger partial charge on any atom is 0.0593 e. The first kappa shape index (κ1) is 12.0. The zero-order valence-corrected chi connectivity index (χ0v) is 12.6. The van der Waals surface area contributed by atoms with Crippen LogP contribution in [0.15, 0.2) is 48.1 Å². The molecule has 1 aliphatic carbocycles. The zero-order chi connectivity index (χ0) is 14.2. The molecule has 1 N–H and O–H groups in total. The lowest BCUT2D eigenvalue weighted by Crippen LogP contribution is -2.59. The third-order valence-electron chi connectivity index (χ3n) is 6.48. The molecule has 0 amide bonds. The molecule has 1 spiro atoms. The summed E-state index contributed by atoms with van der Waals surface area (Å²) in [5, 5.41) is 3.82. The van der Waals surface area contributed by atoms with Crippen LogP contribution >= 0.6 is 0 Å². The maximum atomic E-state index is 4.55. The minimum Gasteiger partial charge on any atom is -0.377 e. The van der Waals surface area contributed by atoms with Gasteiger partial charge < -0.3 is 5.32 Å². The number of nitrogens with one attached hydrogen (secondary N) is 1. The summed E-state index contributed by atoms with van der Waals surface area (Å²) in [6, 6.07) is 9.97. The van der Waals surface area contributed by atoms with E-state index < -0.39 is 0 Å². The number of hydrogen-bond acceptors (Lipinski definition) is 2. The minimum absolute atomic E-state index is 0.229. The highest BCUT2D eigenvalue weighted by molar-refractivity contribution is 5.69. The van der Waals surface area contributed by atoms with Gasteiger partial charge in [-0.3, -0.25) is 4.90 Å². The van der Waals surface area contributed by atoms with Crippen molar-refractivity contribution in [3.8, 4) is 0 Å². The van der Waals surface area contributed by atoms with E-state index in [4.69, 9.17) is 0 Å². The highest BCUT2D eigenvalue weighted by atomic mass is 15.2. The summed E-state index contributed by atoms with van der Waals surface area (Å²) < 4.78 is 0. The van der Waals surface area contributed by atoms with Crippen LogP contribution in [0.3, 0.4) is 0 Å². The molecule has 4 unspecified atom stereocenters. The third-order valence-corrected chi connectivity index (χ3v) is 6.48. The molecule has 4 aliphatic rings. The summed E-state index contributed by atoms with van der Waals surface area (Å²) in [6.45, 7) is 9.24. The highest BCUT2D eigenvalue weighted by Crippen LogP contribution is 2.61. The minimum atomic E-state index is 0.229. The van der Waals surface area contributed by atoms with Crippen molar-refractivity contribution >= 4 is 5.69 Å². The maximum absolute atomic E-state index is 4.55. The molecule has 1 aromatic carbocycles. The Bertz CT molecular complexity index is 674. The molecule has 0 radical (unpaired) electrons. The summed E-state index contributed by atoms with van der Waals surface area (Å²) >= 11 is 0. The standard InChI is InChI=1S/C19H22N2/c1-3-13-14-8-10-21-11-9-19(18(13)21)15-6-4-5-7-16(15)20-17(19)12(14)2/h3-7,14,17-18,20H,2,8-11H2,1H3/b13-3-. The molecule has 3 heterocycles. The van der Waals surface area contributed by atoms with Gasteiger partial charge in [-0.25, -0.2) is 0 Å². The third kappa shape index (κ3) is 1.20. The quantitative estimate of drug-likeness (QED) is 0.732. The molecule has 21 heavy (non-hydrogen) atoms. The second kappa shape index (κ2) is 3.80. The lowest BCUT2D eigenvalue weighted by Gasteiger charge is -2.53. The number of para-hydroxylation sites is 1. The average Bonchev–Trinajstić information content (AvgIpc) is 3.08. The van der Waals surface area contributed by atoms with Gasteiger partial charge in [-0.2, -0.15) is 0 Å². The van der Waals surface area contributed by atoms with Crippen molar-refractivity contribution < 1.29 is 0 Å². The van der Waals surface area contributed by atoms with Crippen molar-refractivity contribution in [3.05, 3.63) is 53.6 Å². The number of nitrogens with zero attached hydrogens (tertiary/aromatic N) is 1. The topological polar surface area (TPSA) is 15.3 Å². The second-order valence-corrected chi connectivity index (χ2v) is 7.06.